The van der Waals surface area contributed by atoms with Gasteiger partial charge < -0.3 is 0 Å². The van der Waals surface area contributed by atoms with Gasteiger partial charge in [-0.25, -0.2) is 0 Å². The molecule has 0 radical (unpaired) electrons. The molecule has 3 saturated heterocycles. The van der Waals surface area contributed by atoms with E-state index in [0.29, 0.717) is 16.8 Å². The summed E-state index contributed by atoms with van der Waals surface area (Å²) in [6.45, 7) is 0. The Morgan fingerprint density at radius 2 is 2.06 bits per heavy atom. The van der Waals surface area contributed by atoms with E-state index in [0.717, 1.165) is 12.8 Å². The molecule has 0 unspecified atom stereocenters. The molecule has 98 valence electrons. The fraction of sp³-hybridized carbons (Fsp3) is 0.833. The number of carbonyl (C=O) groups is 2. The molecule has 4 fully saturated rings. The molecule has 0 aromatic heterocycles. The summed E-state index contributed by atoms with van der Waals surface area (Å²) in [4.78, 5) is 31.6. The molecule has 5 nitrogen and oxygen atoms in total. The van der Waals surface area contributed by atoms with Crippen molar-refractivity contribution in [2.45, 2.75) is 42.3 Å². The molecule has 1 aliphatic carbocycles. The van der Waals surface area contributed by atoms with E-state index in [-0.39, 0.29) is 23.8 Å². The van der Waals surface area contributed by atoms with Gasteiger partial charge in [-0.2, -0.15) is 5.06 Å². The molecule has 3 aliphatic heterocycles. The van der Waals surface area contributed by atoms with Gasteiger partial charge in [-0.05, 0) is 25.2 Å². The molecule has 4 aliphatic rings. The molecular formula is C12H15BrN2O3. The molecule has 18 heavy (non-hydrogen) atoms. The highest BCUT2D eigenvalue weighted by Crippen LogP contribution is 2.51. The molecule has 0 spiro atoms. The van der Waals surface area contributed by atoms with Crippen molar-refractivity contribution in [3.8, 4) is 0 Å². The van der Waals surface area contributed by atoms with E-state index < -0.39 is 6.10 Å². The largest absolute Gasteiger partial charge is 0.284 e. The van der Waals surface area contributed by atoms with Crippen LogP contribution in [0.4, 0.5) is 0 Å². The van der Waals surface area contributed by atoms with Crippen LogP contribution >= 0.6 is 15.9 Å². The average molecular weight is 315 g/mol. The normalized spacial score (nSPS) is 50.9. The van der Waals surface area contributed by atoms with Gasteiger partial charge in [-0.1, -0.05) is 15.9 Å². The summed E-state index contributed by atoms with van der Waals surface area (Å²) in [5.74, 6) is 0.0885. The Morgan fingerprint density at radius 3 is 2.83 bits per heavy atom. The first-order valence-electron chi connectivity index (χ1n) is 6.50. The quantitative estimate of drug-likeness (QED) is 0.483. The number of hydrogen-bond acceptors (Lipinski definition) is 4. The highest BCUT2D eigenvalue weighted by molar-refractivity contribution is 9.09. The summed E-state index contributed by atoms with van der Waals surface area (Å²) in [5, 5.41) is 1.97. The lowest BCUT2D eigenvalue weighted by atomic mass is 9.91. The van der Waals surface area contributed by atoms with Gasteiger partial charge in [0.15, 0.2) is 6.10 Å². The van der Waals surface area contributed by atoms with Crippen molar-refractivity contribution in [1.82, 2.24) is 9.96 Å². The van der Waals surface area contributed by atoms with Crippen molar-refractivity contribution >= 4 is 27.7 Å². The van der Waals surface area contributed by atoms with Gasteiger partial charge in [-0.3, -0.25) is 19.3 Å². The third kappa shape index (κ3) is 1.19. The van der Waals surface area contributed by atoms with E-state index in [1.807, 2.05) is 5.06 Å². The number of nitrogens with zero attached hydrogens (tertiary/aromatic N) is 2. The molecule has 0 N–H and O–H groups in total. The Kier molecular flexibility index (Phi) is 2.24. The van der Waals surface area contributed by atoms with Crippen molar-refractivity contribution in [1.29, 1.82) is 0 Å². The van der Waals surface area contributed by atoms with Gasteiger partial charge in [0.2, 0.25) is 5.91 Å². The van der Waals surface area contributed by atoms with Gasteiger partial charge in [0.25, 0.3) is 5.91 Å². The molecule has 0 aromatic rings. The van der Waals surface area contributed by atoms with Gasteiger partial charge in [0.1, 0.15) is 0 Å². The standard InChI is InChI=1S/C12H15BrN2O3/c1-14-11(16)8-7-4-5-2-3-6(13)9(5)15(7)18-10(8)12(14)17/h5-10H,2-4H2,1H3/t5-,6+,7+,8+,9+,10-/m1/s1. The molecule has 2 amide bonds. The number of rotatable bonds is 0. The molecule has 6 atom stereocenters. The number of likely N-dealkylation sites (tertiary alicyclic amines) is 1. The summed E-state index contributed by atoms with van der Waals surface area (Å²) in [6, 6.07) is 0.443. The van der Waals surface area contributed by atoms with Crippen LogP contribution in [0, 0.1) is 11.8 Å². The Bertz CT molecular complexity index is 443. The first-order chi connectivity index (χ1) is 8.59. The molecular weight excluding hydrogens is 300 g/mol. The van der Waals surface area contributed by atoms with Crippen LogP contribution in [-0.2, 0) is 14.4 Å². The summed E-state index contributed by atoms with van der Waals surface area (Å²) >= 11 is 3.70. The summed E-state index contributed by atoms with van der Waals surface area (Å²) in [6.07, 6.45) is 2.76. The number of fused-ring (bicyclic) bond motifs is 5. The number of amides is 2. The Labute approximate surface area is 114 Å². The number of imide groups is 1. The zero-order valence-electron chi connectivity index (χ0n) is 10.1. The Balaban J connectivity index is 1.67. The number of likely N-dealkylation sites (N-methyl/N-ethyl adjacent to an activating group) is 1. The maximum atomic E-state index is 12.1. The third-order valence-electron chi connectivity index (χ3n) is 5.00. The number of hydroxylamine groups is 2. The van der Waals surface area contributed by atoms with Gasteiger partial charge in [-0.15, -0.1) is 0 Å². The highest BCUT2D eigenvalue weighted by Gasteiger charge is 2.64. The zero-order chi connectivity index (χ0) is 12.6. The summed E-state index contributed by atoms with van der Waals surface area (Å²) in [5.41, 5.74) is 0. The van der Waals surface area contributed by atoms with E-state index in [1.54, 1.807) is 7.05 Å². The van der Waals surface area contributed by atoms with Gasteiger partial charge in [0.05, 0.1) is 18.0 Å². The second-order valence-corrected chi connectivity index (χ2v) is 6.97. The fourth-order valence-electron chi connectivity index (χ4n) is 4.14. The van der Waals surface area contributed by atoms with Crippen LogP contribution in [0.5, 0.6) is 0 Å². The monoisotopic (exact) mass is 314 g/mol. The number of carbonyl (C=O) groups excluding carboxylic acids is 2. The van der Waals surface area contributed by atoms with Crippen molar-refractivity contribution in [3.05, 3.63) is 0 Å². The Hall–Kier alpha value is -0.460. The SMILES string of the molecule is CN1C(=O)[C@@H]2[C@@H](ON3[C@H]4[C@H](CC[C@@H]4Br)C[C@@H]23)C1=O. The van der Waals surface area contributed by atoms with E-state index in [2.05, 4.69) is 15.9 Å². The molecule has 0 aromatic carbocycles. The third-order valence-corrected chi connectivity index (χ3v) is 6.00. The number of halogens is 1. The second-order valence-electron chi connectivity index (χ2n) is 5.79. The number of hydrogen-bond donors (Lipinski definition) is 0. The summed E-state index contributed by atoms with van der Waals surface area (Å²) in [7, 11) is 1.56. The average Bonchev–Trinajstić information content (AvgIpc) is 3.00. The number of alkyl halides is 1. The first-order valence-corrected chi connectivity index (χ1v) is 7.41. The molecule has 1 saturated carbocycles. The van der Waals surface area contributed by atoms with E-state index in [1.165, 1.54) is 11.3 Å². The van der Waals surface area contributed by atoms with Crippen LogP contribution in [-0.4, -0.2) is 51.8 Å². The van der Waals surface area contributed by atoms with Crippen LogP contribution in [0.15, 0.2) is 0 Å². The lowest BCUT2D eigenvalue weighted by Gasteiger charge is -2.26. The predicted molar refractivity (Wildman–Crippen MR) is 65.6 cm³/mol. The molecule has 4 rings (SSSR count). The van der Waals surface area contributed by atoms with Crippen molar-refractivity contribution in [2.75, 3.05) is 7.05 Å². The lowest BCUT2D eigenvalue weighted by Crippen LogP contribution is -2.41. The maximum Gasteiger partial charge on any atom is 0.261 e. The molecule has 0 bridgehead atoms. The van der Waals surface area contributed by atoms with E-state index >= 15 is 0 Å². The van der Waals surface area contributed by atoms with E-state index in [4.69, 9.17) is 4.84 Å². The minimum Gasteiger partial charge on any atom is -0.284 e. The highest BCUT2D eigenvalue weighted by atomic mass is 79.9. The fourth-order valence-corrected chi connectivity index (χ4v) is 5.07. The van der Waals surface area contributed by atoms with Crippen molar-refractivity contribution < 1.29 is 14.4 Å². The van der Waals surface area contributed by atoms with Crippen LogP contribution in [0.3, 0.4) is 0 Å². The zero-order valence-corrected chi connectivity index (χ0v) is 11.7. The molecule has 3 heterocycles. The van der Waals surface area contributed by atoms with Crippen LogP contribution in [0.25, 0.3) is 0 Å². The minimum absolute atomic E-state index is 0.0661. The maximum absolute atomic E-state index is 12.1. The van der Waals surface area contributed by atoms with Gasteiger partial charge in [0, 0.05) is 11.9 Å². The molecule has 6 heteroatoms. The van der Waals surface area contributed by atoms with Crippen molar-refractivity contribution in [2.24, 2.45) is 11.8 Å². The van der Waals surface area contributed by atoms with Crippen molar-refractivity contribution in [3.63, 3.8) is 0 Å². The van der Waals surface area contributed by atoms with Crippen LogP contribution in [0.2, 0.25) is 0 Å². The van der Waals surface area contributed by atoms with Crippen LogP contribution < -0.4 is 0 Å². The predicted octanol–water partition coefficient (Wildman–Crippen LogP) is 0.531. The van der Waals surface area contributed by atoms with Crippen LogP contribution in [0.1, 0.15) is 19.3 Å². The topological polar surface area (TPSA) is 49.9 Å². The Morgan fingerprint density at radius 1 is 1.28 bits per heavy atom. The van der Waals surface area contributed by atoms with E-state index in [9.17, 15) is 9.59 Å². The second kappa shape index (κ2) is 3.55. The smallest absolute Gasteiger partial charge is 0.261 e. The first kappa shape index (κ1) is 11.4. The van der Waals surface area contributed by atoms with Gasteiger partial charge >= 0.3 is 0 Å². The lowest BCUT2D eigenvalue weighted by molar-refractivity contribution is -0.184. The minimum atomic E-state index is -0.561. The summed E-state index contributed by atoms with van der Waals surface area (Å²) < 4.78 is 0.